The second-order valence-corrected chi connectivity index (χ2v) is 13.6. The Morgan fingerprint density at radius 1 is 1.00 bits per heavy atom. The van der Waals surface area contributed by atoms with Crippen LogP contribution >= 0.6 is 0 Å². The molecule has 3 atom stereocenters. The summed E-state index contributed by atoms with van der Waals surface area (Å²) in [6, 6.07) is 21.0. The quantitative estimate of drug-likeness (QED) is 0.611. The minimum absolute atomic E-state index is 0.101. The number of Topliss-reactive ketones (excluding diaryl/α,β-unsaturated/α-hetero) is 1. The van der Waals surface area contributed by atoms with Crippen LogP contribution in [0, 0.1) is 5.92 Å². The van der Waals surface area contributed by atoms with Gasteiger partial charge in [-0.2, -0.15) is 0 Å². The van der Waals surface area contributed by atoms with E-state index in [-0.39, 0.29) is 28.9 Å². The number of hydrogen-bond donors (Lipinski definition) is 0. The van der Waals surface area contributed by atoms with Crippen molar-refractivity contribution < 1.29 is 18.7 Å². The van der Waals surface area contributed by atoms with Crippen molar-refractivity contribution in [1.82, 2.24) is 0 Å². The van der Waals surface area contributed by atoms with E-state index in [1.54, 1.807) is 20.3 Å². The SMILES string of the molecule is CO[C@@H](CO[Si](c1ccccc1)(c1ccccc1)C(C)(C)C)[C@H]1OC=C(C)C(=O)[C@H]1C. The third-order valence-corrected chi connectivity index (χ3v) is 11.3. The first-order valence-electron chi connectivity index (χ1n) is 10.9. The molecule has 0 saturated carbocycles. The van der Waals surface area contributed by atoms with E-state index >= 15 is 0 Å². The smallest absolute Gasteiger partial charge is 0.261 e. The van der Waals surface area contributed by atoms with Crippen LogP contribution in [-0.2, 0) is 18.7 Å². The molecule has 0 amide bonds. The van der Waals surface area contributed by atoms with Crippen molar-refractivity contribution in [2.75, 3.05) is 13.7 Å². The van der Waals surface area contributed by atoms with Gasteiger partial charge in [0.05, 0.1) is 18.8 Å². The van der Waals surface area contributed by atoms with Crippen molar-refractivity contribution in [3.05, 3.63) is 72.5 Å². The highest BCUT2D eigenvalue weighted by Crippen LogP contribution is 2.37. The lowest BCUT2D eigenvalue weighted by molar-refractivity contribution is -0.131. The van der Waals surface area contributed by atoms with Crippen molar-refractivity contribution in [2.45, 2.75) is 51.9 Å². The first kappa shape index (κ1) is 23.5. The molecule has 0 fully saturated rings. The van der Waals surface area contributed by atoms with Crippen molar-refractivity contribution in [3.63, 3.8) is 0 Å². The van der Waals surface area contributed by atoms with Crippen molar-refractivity contribution >= 4 is 24.5 Å². The molecule has 5 heteroatoms. The van der Waals surface area contributed by atoms with Crippen molar-refractivity contribution in [1.29, 1.82) is 0 Å². The van der Waals surface area contributed by atoms with Gasteiger partial charge in [-0.25, -0.2) is 0 Å². The molecule has 2 aromatic rings. The van der Waals surface area contributed by atoms with Gasteiger partial charge in [0.1, 0.15) is 12.2 Å². The van der Waals surface area contributed by atoms with Gasteiger partial charge in [0, 0.05) is 12.7 Å². The molecule has 3 rings (SSSR count). The molecule has 0 unspecified atom stereocenters. The summed E-state index contributed by atoms with van der Waals surface area (Å²) in [6.45, 7) is 10.8. The predicted octanol–water partition coefficient (Wildman–Crippen LogP) is 4.09. The fourth-order valence-corrected chi connectivity index (χ4v) is 9.11. The number of rotatable bonds is 7. The zero-order valence-corrected chi connectivity index (χ0v) is 20.4. The molecule has 0 radical (unpaired) electrons. The lowest BCUT2D eigenvalue weighted by Crippen LogP contribution is -2.67. The Kier molecular flexibility index (Phi) is 7.19. The average molecular weight is 439 g/mol. The molecule has 1 heterocycles. The Balaban J connectivity index is 2.00. The number of allylic oxidation sites excluding steroid dienone is 1. The van der Waals surface area contributed by atoms with Gasteiger partial charge >= 0.3 is 0 Å². The number of carbonyl (C=O) groups excluding carboxylic acids is 1. The monoisotopic (exact) mass is 438 g/mol. The summed E-state index contributed by atoms with van der Waals surface area (Å²) in [5.74, 6) is -0.179. The van der Waals surface area contributed by atoms with Crippen LogP contribution in [-0.4, -0.2) is 40.0 Å². The highest BCUT2D eigenvalue weighted by Gasteiger charge is 2.51. The van der Waals surface area contributed by atoms with Gasteiger partial charge in [-0.3, -0.25) is 4.79 Å². The van der Waals surface area contributed by atoms with Gasteiger partial charge in [0.15, 0.2) is 5.78 Å². The van der Waals surface area contributed by atoms with E-state index in [2.05, 4.69) is 69.3 Å². The number of ether oxygens (including phenoxy) is 2. The first-order valence-corrected chi connectivity index (χ1v) is 12.8. The van der Waals surface area contributed by atoms with E-state index in [1.807, 2.05) is 19.1 Å². The zero-order chi connectivity index (χ0) is 22.6. The lowest BCUT2D eigenvalue weighted by atomic mass is 9.90. The van der Waals surface area contributed by atoms with Crippen LogP contribution in [0.1, 0.15) is 34.6 Å². The van der Waals surface area contributed by atoms with Crippen LogP contribution in [0.3, 0.4) is 0 Å². The van der Waals surface area contributed by atoms with Crippen molar-refractivity contribution in [3.8, 4) is 0 Å². The van der Waals surface area contributed by atoms with Crippen LogP contribution in [0.2, 0.25) is 5.04 Å². The third kappa shape index (κ3) is 4.54. The second-order valence-electron chi connectivity index (χ2n) is 9.30. The molecular formula is C26H34O4Si. The zero-order valence-electron chi connectivity index (χ0n) is 19.4. The first-order chi connectivity index (χ1) is 14.7. The Hall–Kier alpha value is -2.21. The highest BCUT2D eigenvalue weighted by molar-refractivity contribution is 6.99. The maximum atomic E-state index is 12.5. The largest absolute Gasteiger partial charge is 0.494 e. The number of ketones is 1. The Labute approximate surface area is 187 Å². The van der Waals surface area contributed by atoms with E-state index in [1.165, 1.54) is 10.4 Å². The van der Waals surface area contributed by atoms with E-state index in [0.717, 1.165) is 0 Å². The van der Waals surface area contributed by atoms with E-state index < -0.39 is 8.32 Å². The molecule has 2 aromatic carbocycles. The summed E-state index contributed by atoms with van der Waals surface area (Å²) in [5, 5.41) is 2.31. The number of hydrogen-bond acceptors (Lipinski definition) is 4. The van der Waals surface area contributed by atoms with Gasteiger partial charge in [0.25, 0.3) is 8.32 Å². The van der Waals surface area contributed by atoms with Gasteiger partial charge in [-0.05, 0) is 22.3 Å². The van der Waals surface area contributed by atoms with Crippen LogP contribution in [0.15, 0.2) is 72.5 Å². The molecule has 1 aliphatic rings. The van der Waals surface area contributed by atoms with E-state index in [4.69, 9.17) is 13.9 Å². The molecule has 4 nitrogen and oxygen atoms in total. The number of carbonyl (C=O) groups is 1. The normalized spacial score (nSPS) is 20.7. The minimum Gasteiger partial charge on any atom is -0.494 e. The molecule has 0 bridgehead atoms. The fourth-order valence-electron chi connectivity index (χ4n) is 4.54. The Bertz CT molecular complexity index is 863. The summed E-state index contributed by atoms with van der Waals surface area (Å²) >= 11 is 0. The van der Waals surface area contributed by atoms with Gasteiger partial charge in [0.2, 0.25) is 0 Å². The van der Waals surface area contributed by atoms with Crippen LogP contribution in [0.25, 0.3) is 0 Å². The fraction of sp³-hybridized carbons (Fsp3) is 0.423. The predicted molar refractivity (Wildman–Crippen MR) is 127 cm³/mol. The molecule has 0 N–H and O–H groups in total. The van der Waals surface area contributed by atoms with Crippen molar-refractivity contribution in [2.24, 2.45) is 5.92 Å². The molecule has 0 spiro atoms. The van der Waals surface area contributed by atoms with Crippen LogP contribution < -0.4 is 10.4 Å². The standard InChI is InChI=1S/C26H34O4Si/c1-19-17-29-25(20(2)24(19)27)23(28-6)18-30-31(26(3,4)5,21-13-9-7-10-14-21)22-15-11-8-12-16-22/h7-17,20,23,25H,18H2,1-6H3/t20-,23+,25+/m1/s1. The molecule has 0 aromatic heterocycles. The number of methoxy groups -OCH3 is 1. The minimum atomic E-state index is -2.68. The Morgan fingerprint density at radius 2 is 1.52 bits per heavy atom. The molecule has 166 valence electrons. The summed E-state index contributed by atoms with van der Waals surface area (Å²) in [6.07, 6.45) is 0.825. The third-order valence-electron chi connectivity index (χ3n) is 6.25. The molecule has 31 heavy (non-hydrogen) atoms. The highest BCUT2D eigenvalue weighted by atomic mass is 28.4. The van der Waals surface area contributed by atoms with Gasteiger partial charge in [-0.1, -0.05) is 88.4 Å². The van der Waals surface area contributed by atoms with E-state index in [9.17, 15) is 4.79 Å². The maximum absolute atomic E-state index is 12.5. The molecule has 0 saturated heterocycles. The maximum Gasteiger partial charge on any atom is 0.261 e. The lowest BCUT2D eigenvalue weighted by Gasteiger charge is -2.44. The average Bonchev–Trinajstić information content (AvgIpc) is 2.76. The summed E-state index contributed by atoms with van der Waals surface area (Å²) in [4.78, 5) is 12.5. The summed E-state index contributed by atoms with van der Waals surface area (Å²) in [5.41, 5.74) is 0.645. The molecular weight excluding hydrogens is 404 g/mol. The van der Waals surface area contributed by atoms with E-state index in [0.29, 0.717) is 12.2 Å². The summed E-state index contributed by atoms with van der Waals surface area (Å²) in [7, 11) is -1.02. The summed E-state index contributed by atoms with van der Waals surface area (Å²) < 4.78 is 18.7. The topological polar surface area (TPSA) is 44.8 Å². The molecule has 1 aliphatic heterocycles. The second kappa shape index (κ2) is 9.51. The Morgan fingerprint density at radius 3 is 1.97 bits per heavy atom. The van der Waals surface area contributed by atoms with Crippen LogP contribution in [0.5, 0.6) is 0 Å². The van der Waals surface area contributed by atoms with Gasteiger partial charge < -0.3 is 13.9 Å². The van der Waals surface area contributed by atoms with Gasteiger partial charge in [-0.15, -0.1) is 0 Å². The molecule has 0 aliphatic carbocycles. The van der Waals surface area contributed by atoms with Crippen LogP contribution in [0.4, 0.5) is 0 Å². The number of benzene rings is 2.